The van der Waals surface area contributed by atoms with Crippen LogP contribution in [0.1, 0.15) is 18.1 Å². The van der Waals surface area contributed by atoms with Crippen LogP contribution in [0.25, 0.3) is 5.76 Å². The summed E-state index contributed by atoms with van der Waals surface area (Å²) in [7, 11) is 1.56. The van der Waals surface area contributed by atoms with Crippen molar-refractivity contribution >= 4 is 23.6 Å². The lowest BCUT2D eigenvalue weighted by molar-refractivity contribution is -0.137. The summed E-state index contributed by atoms with van der Waals surface area (Å²) in [6.45, 7) is 5.18. The van der Waals surface area contributed by atoms with Crippen molar-refractivity contribution in [2.24, 2.45) is 4.99 Å². The van der Waals surface area contributed by atoms with Crippen molar-refractivity contribution < 1.29 is 28.5 Å². The van der Waals surface area contributed by atoms with E-state index in [0.29, 0.717) is 31.2 Å². The first-order valence-electron chi connectivity index (χ1n) is 10.4. The van der Waals surface area contributed by atoms with Crippen LogP contribution in [0.15, 0.2) is 53.0 Å². The van der Waals surface area contributed by atoms with Crippen LogP contribution in [0.5, 0.6) is 5.75 Å². The zero-order valence-electron chi connectivity index (χ0n) is 18.2. The van der Waals surface area contributed by atoms with Gasteiger partial charge in [-0.2, -0.15) is 0 Å². The first kappa shape index (κ1) is 23.4. The number of ether oxygens (including phenoxy) is 3. The molecule has 0 aliphatic carbocycles. The van der Waals surface area contributed by atoms with E-state index in [4.69, 9.17) is 14.2 Å². The molecule has 0 spiro atoms. The standard InChI is InChI=1S/C24H27FN2O5/c1-3-32-24(29)21(15-26-18-5-7-19(30-2)8-6-18)23(28)20-14-17(4-9-22(20)25)16-27-10-12-31-13-11-27/h4-9,14-15,28H,3,10-13,16H2,1-2H3. The molecule has 0 radical (unpaired) electrons. The third-order valence-corrected chi connectivity index (χ3v) is 4.96. The Morgan fingerprint density at radius 1 is 1.22 bits per heavy atom. The van der Waals surface area contributed by atoms with Crippen molar-refractivity contribution in [2.75, 3.05) is 40.0 Å². The Kier molecular flexibility index (Phi) is 8.35. The van der Waals surface area contributed by atoms with Gasteiger partial charge in [-0.15, -0.1) is 0 Å². The summed E-state index contributed by atoms with van der Waals surface area (Å²) in [5.41, 5.74) is 1.03. The van der Waals surface area contributed by atoms with E-state index in [1.54, 1.807) is 50.4 Å². The fourth-order valence-corrected chi connectivity index (χ4v) is 3.24. The van der Waals surface area contributed by atoms with Gasteiger partial charge in [-0.1, -0.05) is 6.07 Å². The van der Waals surface area contributed by atoms with Crippen molar-refractivity contribution in [3.8, 4) is 5.75 Å². The van der Waals surface area contributed by atoms with Gasteiger partial charge in [-0.25, -0.2) is 9.18 Å². The lowest BCUT2D eigenvalue weighted by Gasteiger charge is -2.26. The summed E-state index contributed by atoms with van der Waals surface area (Å²) in [4.78, 5) is 18.9. The monoisotopic (exact) mass is 442 g/mol. The van der Waals surface area contributed by atoms with Gasteiger partial charge in [0.05, 0.1) is 38.2 Å². The van der Waals surface area contributed by atoms with Gasteiger partial charge in [0.15, 0.2) is 0 Å². The molecule has 0 saturated carbocycles. The van der Waals surface area contributed by atoms with Crippen LogP contribution >= 0.6 is 0 Å². The van der Waals surface area contributed by atoms with Crippen LogP contribution in [-0.4, -0.2) is 62.2 Å². The van der Waals surface area contributed by atoms with Crippen molar-refractivity contribution in [3.63, 3.8) is 0 Å². The van der Waals surface area contributed by atoms with E-state index in [1.807, 2.05) is 0 Å². The molecular weight excluding hydrogens is 415 g/mol. The number of hydrogen-bond donors (Lipinski definition) is 1. The molecule has 8 heteroatoms. The van der Waals surface area contributed by atoms with Crippen molar-refractivity contribution in [1.29, 1.82) is 0 Å². The van der Waals surface area contributed by atoms with E-state index in [0.717, 1.165) is 18.7 Å². The van der Waals surface area contributed by atoms with Crippen LogP contribution in [-0.2, 0) is 20.8 Å². The van der Waals surface area contributed by atoms with E-state index in [1.165, 1.54) is 12.3 Å². The summed E-state index contributed by atoms with van der Waals surface area (Å²) < 4.78 is 30.1. The number of benzene rings is 2. The number of rotatable bonds is 8. The summed E-state index contributed by atoms with van der Waals surface area (Å²) in [5, 5.41) is 10.8. The highest BCUT2D eigenvalue weighted by atomic mass is 19.1. The number of esters is 1. The predicted octanol–water partition coefficient (Wildman–Crippen LogP) is 3.90. The molecule has 32 heavy (non-hydrogen) atoms. The van der Waals surface area contributed by atoms with E-state index in [2.05, 4.69) is 9.89 Å². The molecule has 1 saturated heterocycles. The second-order valence-corrected chi connectivity index (χ2v) is 7.14. The predicted molar refractivity (Wildman–Crippen MR) is 120 cm³/mol. The SMILES string of the molecule is CCOC(=O)C(C=Nc1ccc(OC)cc1)=C(O)c1cc(CN2CCOCC2)ccc1F. The molecule has 1 aliphatic heterocycles. The third kappa shape index (κ3) is 6.15. The Morgan fingerprint density at radius 2 is 1.94 bits per heavy atom. The van der Waals surface area contributed by atoms with E-state index < -0.39 is 17.5 Å². The number of aliphatic hydroxyl groups excluding tert-OH is 1. The summed E-state index contributed by atoms with van der Waals surface area (Å²) in [6.07, 6.45) is 1.18. The molecule has 0 bridgehead atoms. The highest BCUT2D eigenvalue weighted by molar-refractivity contribution is 6.15. The first-order chi connectivity index (χ1) is 15.5. The molecule has 0 amide bonds. The number of carbonyl (C=O) groups is 1. The van der Waals surface area contributed by atoms with Crippen LogP contribution in [0.3, 0.4) is 0 Å². The Hall–Kier alpha value is -3.23. The van der Waals surface area contributed by atoms with Crippen LogP contribution < -0.4 is 4.74 Å². The summed E-state index contributed by atoms with van der Waals surface area (Å²) >= 11 is 0. The average Bonchev–Trinajstić information content (AvgIpc) is 2.81. The minimum atomic E-state index is -0.791. The Morgan fingerprint density at radius 3 is 2.59 bits per heavy atom. The van der Waals surface area contributed by atoms with Gasteiger partial charge in [0.25, 0.3) is 0 Å². The van der Waals surface area contributed by atoms with Crippen molar-refractivity contribution in [1.82, 2.24) is 4.90 Å². The maximum atomic E-state index is 14.6. The maximum absolute atomic E-state index is 14.6. The summed E-state index contributed by atoms with van der Waals surface area (Å²) in [6, 6.07) is 11.3. The van der Waals surface area contributed by atoms with E-state index in [-0.39, 0.29) is 17.7 Å². The normalized spacial score (nSPS) is 15.5. The molecule has 170 valence electrons. The van der Waals surface area contributed by atoms with Crippen LogP contribution in [0, 0.1) is 5.82 Å². The number of methoxy groups -OCH3 is 1. The van der Waals surface area contributed by atoms with Crippen molar-refractivity contribution in [3.05, 3.63) is 65.0 Å². The van der Waals surface area contributed by atoms with Crippen LogP contribution in [0.2, 0.25) is 0 Å². The smallest absolute Gasteiger partial charge is 0.343 e. The molecule has 0 unspecified atom stereocenters. The number of morpholine rings is 1. The number of aliphatic hydroxyl groups is 1. The van der Waals surface area contributed by atoms with Gasteiger partial charge in [0.1, 0.15) is 22.9 Å². The molecular formula is C24H27FN2O5. The number of hydrogen-bond acceptors (Lipinski definition) is 7. The first-order valence-corrected chi connectivity index (χ1v) is 10.4. The molecule has 2 aromatic rings. The Labute approximate surface area is 186 Å². The van der Waals surface area contributed by atoms with Gasteiger partial charge >= 0.3 is 5.97 Å². The molecule has 1 heterocycles. The zero-order chi connectivity index (χ0) is 22.9. The molecule has 7 nitrogen and oxygen atoms in total. The second kappa shape index (κ2) is 11.4. The average molecular weight is 442 g/mol. The number of nitrogens with zero attached hydrogens (tertiary/aromatic N) is 2. The van der Waals surface area contributed by atoms with Gasteiger partial charge in [-0.05, 0) is 48.9 Å². The molecule has 1 N–H and O–H groups in total. The topological polar surface area (TPSA) is 80.6 Å². The minimum absolute atomic E-state index is 0.0833. The van der Waals surface area contributed by atoms with Crippen molar-refractivity contribution in [2.45, 2.75) is 13.5 Å². The molecule has 2 aromatic carbocycles. The minimum Gasteiger partial charge on any atom is -0.506 e. The number of carbonyl (C=O) groups excluding carboxylic acids is 1. The fraction of sp³-hybridized carbons (Fsp3) is 0.333. The Bertz CT molecular complexity index is 982. The van der Waals surface area contributed by atoms with Gasteiger partial charge in [0, 0.05) is 25.8 Å². The highest BCUT2D eigenvalue weighted by Crippen LogP contribution is 2.24. The molecule has 1 fully saturated rings. The van der Waals surface area contributed by atoms with Gasteiger partial charge < -0.3 is 19.3 Å². The largest absolute Gasteiger partial charge is 0.506 e. The molecule has 0 aromatic heterocycles. The second-order valence-electron chi connectivity index (χ2n) is 7.14. The number of aliphatic imine (C=N–C) groups is 1. The summed E-state index contributed by atoms with van der Waals surface area (Å²) in [5.74, 6) is -1.30. The highest BCUT2D eigenvalue weighted by Gasteiger charge is 2.20. The third-order valence-electron chi connectivity index (χ3n) is 4.96. The van der Waals surface area contributed by atoms with Gasteiger partial charge in [0.2, 0.25) is 0 Å². The quantitative estimate of drug-likeness (QED) is 0.289. The number of halogens is 1. The van der Waals surface area contributed by atoms with E-state index >= 15 is 0 Å². The fourth-order valence-electron chi connectivity index (χ4n) is 3.24. The zero-order valence-corrected chi connectivity index (χ0v) is 18.2. The van der Waals surface area contributed by atoms with Gasteiger partial charge in [-0.3, -0.25) is 9.89 Å². The molecule has 0 atom stereocenters. The van der Waals surface area contributed by atoms with Crippen LogP contribution in [0.4, 0.5) is 10.1 Å². The van der Waals surface area contributed by atoms with E-state index in [9.17, 15) is 14.3 Å². The lowest BCUT2D eigenvalue weighted by atomic mass is 10.0. The maximum Gasteiger partial charge on any atom is 0.343 e. The lowest BCUT2D eigenvalue weighted by Crippen LogP contribution is -2.35. The Balaban J connectivity index is 1.92. The molecule has 1 aliphatic rings. The molecule has 3 rings (SSSR count).